The third kappa shape index (κ3) is 5.38. The lowest BCUT2D eigenvalue weighted by atomic mass is 10.2. The van der Waals surface area contributed by atoms with Crippen LogP contribution >= 0.6 is 11.6 Å². The zero-order chi connectivity index (χ0) is 16.7. The zero-order valence-electron chi connectivity index (χ0n) is 12.3. The van der Waals surface area contributed by atoms with E-state index in [1.54, 1.807) is 42.5 Å². The number of halogens is 2. The Balaban J connectivity index is 1.71. The van der Waals surface area contributed by atoms with Gasteiger partial charge in [-0.25, -0.2) is 4.39 Å². The van der Waals surface area contributed by atoms with Gasteiger partial charge in [-0.1, -0.05) is 29.8 Å². The van der Waals surface area contributed by atoms with Crippen molar-refractivity contribution in [3.05, 3.63) is 70.5 Å². The Kier molecular flexibility index (Phi) is 6.11. The Morgan fingerprint density at radius 2 is 1.70 bits per heavy atom. The van der Waals surface area contributed by atoms with Gasteiger partial charge in [0.15, 0.2) is 0 Å². The highest BCUT2D eigenvalue weighted by atomic mass is 35.5. The van der Waals surface area contributed by atoms with E-state index in [0.717, 1.165) is 0 Å². The summed E-state index contributed by atoms with van der Waals surface area (Å²) >= 11 is 5.75. The van der Waals surface area contributed by atoms with Crippen LogP contribution in [0.25, 0.3) is 0 Å². The molecule has 0 aromatic heterocycles. The molecule has 2 aromatic rings. The standard InChI is InChI=1S/C17H16ClFN2O2/c18-14-7-5-12(6-8-14)17(23)20-10-9-16(22)21-11-13-3-1-2-4-15(13)19/h1-8H,9-11H2,(H,20,23)(H,21,22). The van der Waals surface area contributed by atoms with Crippen LogP contribution in [0.5, 0.6) is 0 Å². The van der Waals surface area contributed by atoms with Gasteiger partial charge in [0.1, 0.15) is 5.82 Å². The maximum atomic E-state index is 13.4. The summed E-state index contributed by atoms with van der Waals surface area (Å²) in [5, 5.41) is 5.81. The van der Waals surface area contributed by atoms with Gasteiger partial charge in [-0.05, 0) is 30.3 Å². The SMILES string of the molecule is O=C(CCNC(=O)c1ccc(Cl)cc1)NCc1ccccc1F. The van der Waals surface area contributed by atoms with Gasteiger partial charge >= 0.3 is 0 Å². The quantitative estimate of drug-likeness (QED) is 0.853. The molecule has 6 heteroatoms. The molecule has 0 spiro atoms. The Hall–Kier alpha value is -2.40. The zero-order valence-corrected chi connectivity index (χ0v) is 13.1. The van der Waals surface area contributed by atoms with E-state index in [9.17, 15) is 14.0 Å². The minimum Gasteiger partial charge on any atom is -0.352 e. The monoisotopic (exact) mass is 334 g/mol. The van der Waals surface area contributed by atoms with Crippen LogP contribution in [0.1, 0.15) is 22.3 Å². The number of carbonyl (C=O) groups is 2. The van der Waals surface area contributed by atoms with Crippen molar-refractivity contribution < 1.29 is 14.0 Å². The third-order valence-corrected chi connectivity index (χ3v) is 3.43. The number of amides is 2. The van der Waals surface area contributed by atoms with Crippen molar-refractivity contribution in [3.8, 4) is 0 Å². The molecule has 0 radical (unpaired) electrons. The fourth-order valence-electron chi connectivity index (χ4n) is 1.92. The van der Waals surface area contributed by atoms with Crippen LogP contribution in [0.4, 0.5) is 4.39 Å². The summed E-state index contributed by atoms with van der Waals surface area (Å²) in [5.74, 6) is -0.892. The first-order valence-electron chi connectivity index (χ1n) is 7.10. The number of hydrogen-bond donors (Lipinski definition) is 2. The lowest BCUT2D eigenvalue weighted by Crippen LogP contribution is -2.30. The Morgan fingerprint density at radius 1 is 1.00 bits per heavy atom. The molecular weight excluding hydrogens is 319 g/mol. The van der Waals surface area contributed by atoms with Gasteiger partial charge < -0.3 is 10.6 Å². The van der Waals surface area contributed by atoms with Gasteiger partial charge in [-0.3, -0.25) is 9.59 Å². The predicted octanol–water partition coefficient (Wildman–Crippen LogP) is 2.92. The van der Waals surface area contributed by atoms with Crippen molar-refractivity contribution in [3.63, 3.8) is 0 Å². The van der Waals surface area contributed by atoms with Crippen molar-refractivity contribution in [2.75, 3.05) is 6.54 Å². The predicted molar refractivity (Wildman–Crippen MR) is 86.6 cm³/mol. The molecule has 0 heterocycles. The number of rotatable bonds is 6. The van der Waals surface area contributed by atoms with Gasteiger partial charge in [-0.15, -0.1) is 0 Å². The molecule has 4 nitrogen and oxygen atoms in total. The first kappa shape index (κ1) is 17.0. The van der Waals surface area contributed by atoms with E-state index in [4.69, 9.17) is 11.6 Å². The minimum absolute atomic E-state index is 0.119. The van der Waals surface area contributed by atoms with E-state index >= 15 is 0 Å². The van der Waals surface area contributed by atoms with E-state index in [1.807, 2.05) is 0 Å². The normalized spacial score (nSPS) is 10.2. The van der Waals surface area contributed by atoms with Crippen LogP contribution in [0.3, 0.4) is 0 Å². The molecule has 120 valence electrons. The molecule has 0 atom stereocenters. The average molecular weight is 335 g/mol. The van der Waals surface area contributed by atoms with Crippen LogP contribution in [-0.4, -0.2) is 18.4 Å². The molecule has 2 rings (SSSR count). The molecule has 0 bridgehead atoms. The maximum Gasteiger partial charge on any atom is 0.251 e. The Bertz CT molecular complexity index is 689. The second kappa shape index (κ2) is 8.29. The van der Waals surface area contributed by atoms with Gasteiger partial charge in [0.2, 0.25) is 5.91 Å². The number of carbonyl (C=O) groups excluding carboxylic acids is 2. The lowest BCUT2D eigenvalue weighted by Gasteiger charge is -2.07. The third-order valence-electron chi connectivity index (χ3n) is 3.18. The van der Waals surface area contributed by atoms with Crippen LogP contribution in [0, 0.1) is 5.82 Å². The maximum absolute atomic E-state index is 13.4. The number of nitrogens with one attached hydrogen (secondary N) is 2. The van der Waals surface area contributed by atoms with Crippen molar-refractivity contribution in [2.45, 2.75) is 13.0 Å². The summed E-state index contributed by atoms with van der Waals surface area (Å²) in [5.41, 5.74) is 0.896. The highest BCUT2D eigenvalue weighted by Crippen LogP contribution is 2.09. The second-order valence-corrected chi connectivity index (χ2v) is 5.32. The highest BCUT2D eigenvalue weighted by Gasteiger charge is 2.07. The Morgan fingerprint density at radius 3 is 2.39 bits per heavy atom. The summed E-state index contributed by atoms with van der Waals surface area (Å²) in [6.45, 7) is 0.321. The van der Waals surface area contributed by atoms with E-state index in [-0.39, 0.29) is 37.1 Å². The second-order valence-electron chi connectivity index (χ2n) is 4.88. The van der Waals surface area contributed by atoms with Crippen LogP contribution in [0.2, 0.25) is 5.02 Å². The largest absolute Gasteiger partial charge is 0.352 e. The highest BCUT2D eigenvalue weighted by molar-refractivity contribution is 6.30. The molecule has 2 aromatic carbocycles. The fraction of sp³-hybridized carbons (Fsp3) is 0.176. The summed E-state index contributed by atoms with van der Waals surface area (Å²) < 4.78 is 13.4. The van der Waals surface area contributed by atoms with Crippen molar-refractivity contribution in [1.82, 2.24) is 10.6 Å². The number of benzene rings is 2. The minimum atomic E-state index is -0.358. The smallest absolute Gasteiger partial charge is 0.251 e. The van der Waals surface area contributed by atoms with E-state index in [0.29, 0.717) is 16.1 Å². The summed E-state index contributed by atoms with van der Waals surface area (Å²) in [6, 6.07) is 12.7. The molecule has 2 amide bonds. The summed E-state index contributed by atoms with van der Waals surface area (Å²) in [4.78, 5) is 23.5. The van der Waals surface area contributed by atoms with E-state index in [2.05, 4.69) is 10.6 Å². The average Bonchev–Trinajstić information content (AvgIpc) is 2.54. The molecule has 2 N–H and O–H groups in total. The summed E-state index contributed by atoms with van der Waals surface area (Å²) in [7, 11) is 0. The first-order valence-corrected chi connectivity index (χ1v) is 7.48. The molecular formula is C17H16ClFN2O2. The molecule has 0 aliphatic heterocycles. The van der Waals surface area contributed by atoms with Gasteiger partial charge in [0.05, 0.1) is 0 Å². The molecule has 23 heavy (non-hydrogen) atoms. The Labute approximate surface area is 138 Å². The number of hydrogen-bond acceptors (Lipinski definition) is 2. The molecule has 0 aliphatic carbocycles. The molecule has 0 fully saturated rings. The van der Waals surface area contributed by atoms with Crippen molar-refractivity contribution >= 4 is 23.4 Å². The van der Waals surface area contributed by atoms with Crippen LogP contribution in [0.15, 0.2) is 48.5 Å². The molecule has 0 aliphatic rings. The van der Waals surface area contributed by atoms with Gasteiger partial charge in [0, 0.05) is 35.7 Å². The topological polar surface area (TPSA) is 58.2 Å². The fourth-order valence-corrected chi connectivity index (χ4v) is 2.04. The van der Waals surface area contributed by atoms with Gasteiger partial charge in [0.25, 0.3) is 5.91 Å². The van der Waals surface area contributed by atoms with Crippen molar-refractivity contribution in [1.29, 1.82) is 0 Å². The summed E-state index contributed by atoms with van der Waals surface area (Å²) in [6.07, 6.45) is 0.119. The van der Waals surface area contributed by atoms with E-state index in [1.165, 1.54) is 6.07 Å². The van der Waals surface area contributed by atoms with Crippen LogP contribution in [-0.2, 0) is 11.3 Å². The molecule has 0 saturated carbocycles. The lowest BCUT2D eigenvalue weighted by molar-refractivity contribution is -0.121. The first-order chi connectivity index (χ1) is 11.1. The van der Waals surface area contributed by atoms with Gasteiger partial charge in [-0.2, -0.15) is 0 Å². The van der Waals surface area contributed by atoms with Crippen molar-refractivity contribution in [2.24, 2.45) is 0 Å². The van der Waals surface area contributed by atoms with E-state index < -0.39 is 0 Å². The molecule has 0 saturated heterocycles. The molecule has 0 unspecified atom stereocenters. The van der Waals surface area contributed by atoms with Crippen LogP contribution < -0.4 is 10.6 Å².